The van der Waals surface area contributed by atoms with Crippen LogP contribution in [0, 0.1) is 6.92 Å². The predicted molar refractivity (Wildman–Crippen MR) is 99.9 cm³/mol. The third-order valence-electron chi connectivity index (χ3n) is 4.42. The van der Waals surface area contributed by atoms with E-state index in [0.717, 1.165) is 55.4 Å². The summed E-state index contributed by atoms with van der Waals surface area (Å²) in [5.74, 6) is 3.78. The molecule has 24 heavy (non-hydrogen) atoms. The minimum atomic E-state index is 0.220. The zero-order valence-corrected chi connectivity index (χ0v) is 15.2. The van der Waals surface area contributed by atoms with Gasteiger partial charge in [0.1, 0.15) is 12.4 Å². The standard InChI is InChI=1S/C18H27N3O2S/c1-14-4-5-15(12-20-18(19)21-6-9-24-10-7-21)17(11-14)23-13-16-3-2-8-22-16/h4-5,11,16H,2-3,6-10,12-13H2,1H3,(H2,19,20). The number of nitrogens with zero attached hydrogens (tertiary/aromatic N) is 2. The van der Waals surface area contributed by atoms with Crippen LogP contribution in [0.1, 0.15) is 24.0 Å². The molecule has 6 heteroatoms. The quantitative estimate of drug-likeness (QED) is 0.653. The highest BCUT2D eigenvalue weighted by Crippen LogP contribution is 2.23. The van der Waals surface area contributed by atoms with Crippen LogP contribution in [0.25, 0.3) is 0 Å². The SMILES string of the molecule is Cc1ccc(CN=C(N)N2CCSCC2)c(OCC2CCCO2)c1. The highest BCUT2D eigenvalue weighted by Gasteiger charge is 2.17. The van der Waals surface area contributed by atoms with E-state index in [1.807, 2.05) is 11.8 Å². The monoisotopic (exact) mass is 349 g/mol. The summed E-state index contributed by atoms with van der Waals surface area (Å²) >= 11 is 1.97. The number of rotatable bonds is 5. The minimum Gasteiger partial charge on any atom is -0.491 e. The molecule has 0 radical (unpaired) electrons. The van der Waals surface area contributed by atoms with Crippen molar-refractivity contribution in [2.45, 2.75) is 32.4 Å². The van der Waals surface area contributed by atoms with Gasteiger partial charge < -0.3 is 20.1 Å². The van der Waals surface area contributed by atoms with Crippen molar-refractivity contribution in [3.05, 3.63) is 29.3 Å². The number of guanidine groups is 1. The molecule has 1 aromatic rings. The third-order valence-corrected chi connectivity index (χ3v) is 5.36. The highest BCUT2D eigenvalue weighted by atomic mass is 32.2. The van der Waals surface area contributed by atoms with Crippen LogP contribution in [0.2, 0.25) is 0 Å². The second kappa shape index (κ2) is 8.62. The molecule has 0 amide bonds. The first-order valence-corrected chi connectivity index (χ1v) is 9.84. The maximum atomic E-state index is 6.16. The van der Waals surface area contributed by atoms with Gasteiger partial charge in [-0.05, 0) is 31.4 Å². The number of aryl methyl sites for hydroxylation is 1. The van der Waals surface area contributed by atoms with Crippen molar-refractivity contribution in [1.29, 1.82) is 0 Å². The second-order valence-electron chi connectivity index (χ2n) is 6.33. The van der Waals surface area contributed by atoms with Crippen molar-refractivity contribution >= 4 is 17.7 Å². The maximum absolute atomic E-state index is 6.16. The van der Waals surface area contributed by atoms with Crippen molar-refractivity contribution in [1.82, 2.24) is 4.90 Å². The van der Waals surface area contributed by atoms with E-state index in [2.05, 4.69) is 35.0 Å². The largest absolute Gasteiger partial charge is 0.491 e. The van der Waals surface area contributed by atoms with E-state index in [9.17, 15) is 0 Å². The molecule has 0 aromatic heterocycles. The minimum absolute atomic E-state index is 0.220. The first-order valence-electron chi connectivity index (χ1n) is 8.69. The fourth-order valence-electron chi connectivity index (χ4n) is 2.94. The van der Waals surface area contributed by atoms with Gasteiger partial charge in [0.05, 0.1) is 12.6 Å². The van der Waals surface area contributed by atoms with Crippen LogP contribution in [0.15, 0.2) is 23.2 Å². The molecular weight excluding hydrogens is 322 g/mol. The van der Waals surface area contributed by atoms with Crippen LogP contribution in [-0.2, 0) is 11.3 Å². The van der Waals surface area contributed by atoms with Crippen molar-refractivity contribution in [3.63, 3.8) is 0 Å². The average Bonchev–Trinajstić information content (AvgIpc) is 3.13. The van der Waals surface area contributed by atoms with Gasteiger partial charge in [-0.25, -0.2) is 4.99 Å². The molecule has 3 rings (SSSR count). The molecule has 2 aliphatic rings. The van der Waals surface area contributed by atoms with Gasteiger partial charge in [0.2, 0.25) is 0 Å². The third kappa shape index (κ3) is 4.80. The van der Waals surface area contributed by atoms with Gasteiger partial charge in [0.15, 0.2) is 5.96 Å². The van der Waals surface area contributed by atoms with E-state index in [-0.39, 0.29) is 6.10 Å². The van der Waals surface area contributed by atoms with Crippen LogP contribution in [0.5, 0.6) is 5.75 Å². The van der Waals surface area contributed by atoms with Crippen LogP contribution >= 0.6 is 11.8 Å². The molecule has 2 fully saturated rings. The van der Waals surface area contributed by atoms with Crippen LogP contribution in [-0.4, -0.2) is 54.8 Å². The van der Waals surface area contributed by atoms with E-state index in [0.29, 0.717) is 19.1 Å². The van der Waals surface area contributed by atoms with Crippen molar-refractivity contribution in [3.8, 4) is 5.75 Å². The van der Waals surface area contributed by atoms with Crippen molar-refractivity contribution in [2.75, 3.05) is 37.8 Å². The Morgan fingerprint density at radius 1 is 1.42 bits per heavy atom. The van der Waals surface area contributed by atoms with Crippen LogP contribution < -0.4 is 10.5 Å². The fraction of sp³-hybridized carbons (Fsp3) is 0.611. The first kappa shape index (κ1) is 17.4. The van der Waals surface area contributed by atoms with Gasteiger partial charge in [-0.1, -0.05) is 12.1 Å². The van der Waals surface area contributed by atoms with Gasteiger partial charge in [-0.2, -0.15) is 11.8 Å². The molecule has 0 saturated carbocycles. The molecule has 132 valence electrons. The summed E-state index contributed by atoms with van der Waals surface area (Å²) in [6.45, 7) is 6.05. The first-order chi connectivity index (χ1) is 11.7. The second-order valence-corrected chi connectivity index (χ2v) is 7.56. The lowest BCUT2D eigenvalue weighted by Crippen LogP contribution is -2.42. The molecule has 1 aromatic carbocycles. The van der Waals surface area contributed by atoms with Gasteiger partial charge in [0.25, 0.3) is 0 Å². The molecule has 2 heterocycles. The molecule has 0 bridgehead atoms. The number of nitrogens with two attached hydrogens (primary N) is 1. The van der Waals surface area contributed by atoms with Gasteiger partial charge >= 0.3 is 0 Å². The van der Waals surface area contributed by atoms with E-state index in [4.69, 9.17) is 15.2 Å². The van der Waals surface area contributed by atoms with Crippen LogP contribution in [0.4, 0.5) is 0 Å². The Kier molecular flexibility index (Phi) is 6.26. The molecule has 5 nitrogen and oxygen atoms in total. The molecule has 1 unspecified atom stereocenters. The smallest absolute Gasteiger partial charge is 0.191 e. The zero-order valence-electron chi connectivity index (χ0n) is 14.4. The summed E-state index contributed by atoms with van der Waals surface area (Å²) in [5, 5.41) is 0. The number of thioether (sulfide) groups is 1. The van der Waals surface area contributed by atoms with E-state index in [1.165, 1.54) is 5.56 Å². The van der Waals surface area contributed by atoms with E-state index < -0.39 is 0 Å². The molecule has 0 spiro atoms. The molecule has 2 N–H and O–H groups in total. The number of aliphatic imine (C=N–C) groups is 1. The lowest BCUT2D eigenvalue weighted by atomic mass is 10.1. The van der Waals surface area contributed by atoms with E-state index in [1.54, 1.807) is 0 Å². The zero-order chi connectivity index (χ0) is 16.8. The Balaban J connectivity index is 1.63. The van der Waals surface area contributed by atoms with Crippen molar-refractivity contribution < 1.29 is 9.47 Å². The molecule has 1 atom stereocenters. The van der Waals surface area contributed by atoms with Gasteiger partial charge in [-0.15, -0.1) is 0 Å². The summed E-state index contributed by atoms with van der Waals surface area (Å²) in [4.78, 5) is 6.75. The summed E-state index contributed by atoms with van der Waals surface area (Å²) < 4.78 is 11.7. The fourth-order valence-corrected chi connectivity index (χ4v) is 3.85. The highest BCUT2D eigenvalue weighted by molar-refractivity contribution is 7.99. The Morgan fingerprint density at radius 2 is 2.25 bits per heavy atom. The van der Waals surface area contributed by atoms with Gasteiger partial charge in [0, 0.05) is 36.8 Å². The normalized spacial score (nSPS) is 22.0. The average molecular weight is 350 g/mol. The lowest BCUT2D eigenvalue weighted by molar-refractivity contribution is 0.0676. The Labute approximate surface area is 148 Å². The Morgan fingerprint density at radius 3 is 3.00 bits per heavy atom. The summed E-state index contributed by atoms with van der Waals surface area (Å²) in [7, 11) is 0. The summed E-state index contributed by atoms with van der Waals surface area (Å²) in [6.07, 6.45) is 2.43. The number of hydrogen-bond donors (Lipinski definition) is 1. The Bertz CT molecular complexity index is 567. The van der Waals surface area contributed by atoms with Crippen molar-refractivity contribution in [2.24, 2.45) is 10.7 Å². The lowest BCUT2D eigenvalue weighted by Gasteiger charge is -2.27. The summed E-state index contributed by atoms with van der Waals surface area (Å²) in [5.41, 5.74) is 8.42. The number of benzene rings is 1. The summed E-state index contributed by atoms with van der Waals surface area (Å²) in [6, 6.07) is 6.26. The van der Waals surface area contributed by atoms with Crippen LogP contribution in [0.3, 0.4) is 0 Å². The predicted octanol–water partition coefficient (Wildman–Crippen LogP) is 2.42. The number of hydrogen-bond acceptors (Lipinski definition) is 4. The molecule has 0 aliphatic carbocycles. The molecule has 2 saturated heterocycles. The van der Waals surface area contributed by atoms with E-state index >= 15 is 0 Å². The topological polar surface area (TPSA) is 60.1 Å². The van der Waals surface area contributed by atoms with Gasteiger partial charge in [-0.3, -0.25) is 0 Å². The maximum Gasteiger partial charge on any atom is 0.191 e. The Hall–Kier alpha value is -1.40. The molecule has 2 aliphatic heterocycles. The number of ether oxygens (including phenoxy) is 2. The molecular formula is C18H27N3O2S.